The van der Waals surface area contributed by atoms with Gasteiger partial charge in [-0.3, -0.25) is 4.98 Å². The van der Waals surface area contributed by atoms with Gasteiger partial charge in [0.2, 0.25) is 0 Å². The van der Waals surface area contributed by atoms with Gasteiger partial charge in [-0.2, -0.15) is 0 Å². The predicted molar refractivity (Wildman–Crippen MR) is 279 cm³/mol. The smallest absolute Gasteiger partial charge is 0.120 e. The second-order valence-corrected chi connectivity index (χ2v) is 23.4. The monoisotopic (exact) mass is 1060 g/mol. The summed E-state index contributed by atoms with van der Waals surface area (Å²) >= 11 is 0. The fourth-order valence-electron chi connectivity index (χ4n) is 9.04. The number of hydrogen-bond donors (Lipinski definition) is 0. The first-order valence-electron chi connectivity index (χ1n) is 22.8. The number of nitrogens with zero attached hydrogens (tertiary/aromatic N) is 3. The van der Waals surface area contributed by atoms with Crippen LogP contribution in [-0.4, -0.2) is 22.6 Å². The molecule has 331 valence electrons. The Hall–Kier alpha value is -6.95. The van der Waals surface area contributed by atoms with Crippen molar-refractivity contribution < 1.29 is 24.5 Å². The van der Waals surface area contributed by atoms with Gasteiger partial charge in [0.05, 0.1) is 30.5 Å². The number of imidazole rings is 1. The average Bonchev–Trinajstić information content (AvgIpc) is 3.93. The van der Waals surface area contributed by atoms with Gasteiger partial charge in [0.25, 0.3) is 0 Å². The minimum atomic E-state index is -1.40. The molecule has 11 aromatic rings. The maximum absolute atomic E-state index is 6.45. The number of pyridine rings is 1. The first-order chi connectivity index (χ1) is 32.2. The van der Waals surface area contributed by atoms with E-state index in [1.54, 1.807) is 0 Å². The number of hydrogen-bond acceptors (Lipinski definition) is 3. The van der Waals surface area contributed by atoms with Crippen LogP contribution in [0.15, 0.2) is 205 Å². The number of aromatic nitrogens is 3. The van der Waals surface area contributed by atoms with E-state index in [0.29, 0.717) is 5.92 Å². The molecule has 0 N–H and O–H groups in total. The summed E-state index contributed by atoms with van der Waals surface area (Å²) in [5.74, 6) is 1.44. The van der Waals surface area contributed by atoms with Crippen LogP contribution in [0.25, 0.3) is 94.7 Å². The molecule has 67 heavy (non-hydrogen) atoms. The van der Waals surface area contributed by atoms with Crippen LogP contribution in [0.3, 0.4) is 0 Å². The van der Waals surface area contributed by atoms with Gasteiger partial charge in [-0.15, -0.1) is 53.6 Å². The Bertz CT molecular complexity index is 3460. The van der Waals surface area contributed by atoms with Crippen molar-refractivity contribution in [3.05, 3.63) is 218 Å². The molecule has 8 aromatic carbocycles. The van der Waals surface area contributed by atoms with Crippen molar-refractivity contribution in [1.82, 2.24) is 14.5 Å². The Balaban J connectivity index is 0.000000182. The van der Waals surface area contributed by atoms with E-state index in [4.69, 9.17) is 14.4 Å². The zero-order chi connectivity index (χ0) is 45.2. The Morgan fingerprint density at radius 3 is 1.93 bits per heavy atom. The van der Waals surface area contributed by atoms with Gasteiger partial charge in [-0.1, -0.05) is 190 Å². The van der Waals surface area contributed by atoms with Gasteiger partial charge in [-0.25, -0.2) is 0 Å². The SMILES string of the molecule is CC(C)Cc1cc(-c2[c-]ccc(-c3ccccc3)c2)ncc1[Si](C)(C)C.[Ir].[c-]1ccc2c(oc3ccccc32)c1-c1nc2ccccc2n1-c1cc(-c2ccccc2)ccc1-c1ccccc1. The third-order valence-corrected chi connectivity index (χ3v) is 14.2. The summed E-state index contributed by atoms with van der Waals surface area (Å²) in [6.45, 7) is 11.8. The van der Waals surface area contributed by atoms with Crippen molar-refractivity contribution in [2.24, 2.45) is 5.92 Å². The van der Waals surface area contributed by atoms with E-state index >= 15 is 0 Å². The maximum Gasteiger partial charge on any atom is 0.120 e. The summed E-state index contributed by atoms with van der Waals surface area (Å²) < 4.78 is 8.71. The normalized spacial score (nSPS) is 11.4. The zero-order valence-electron chi connectivity index (χ0n) is 38.4. The summed E-state index contributed by atoms with van der Waals surface area (Å²) in [5.41, 5.74) is 16.1. The van der Waals surface area contributed by atoms with Gasteiger partial charge in [0.1, 0.15) is 5.58 Å². The predicted octanol–water partition coefficient (Wildman–Crippen LogP) is 15.7. The Morgan fingerprint density at radius 1 is 0.597 bits per heavy atom. The minimum Gasteiger partial charge on any atom is -0.501 e. The van der Waals surface area contributed by atoms with Gasteiger partial charge in [-0.05, 0) is 69.7 Å². The Kier molecular flexibility index (Phi) is 13.1. The molecule has 0 aliphatic carbocycles. The Labute approximate surface area is 408 Å². The average molecular weight is 1060 g/mol. The van der Waals surface area contributed by atoms with Gasteiger partial charge in [0.15, 0.2) is 0 Å². The largest absolute Gasteiger partial charge is 0.501 e. The fourth-order valence-corrected chi connectivity index (χ4v) is 10.6. The van der Waals surface area contributed by atoms with Crippen molar-refractivity contribution in [2.45, 2.75) is 39.9 Å². The molecule has 0 saturated heterocycles. The molecule has 11 rings (SSSR count). The standard InChI is InChI=1S/C37H23N2O.C24H28NSi.Ir/c1-3-12-25(13-4-1)27-22-23-28(26-14-5-2-6-15-26)34(24-27)39-33-20-9-8-19-32(33)38-37(39)31-18-11-17-30-29-16-7-10-21-35(29)40-36(30)31;1-18(2)14-22-16-23(25-17-24(22)26(3,4)5)21-13-9-12-20(15-21)19-10-7-6-8-11-19;/h1-17,19-24H;6-12,15-18H,14H2,1-5H3;/q2*-1;. The number of fused-ring (bicyclic) bond motifs is 4. The summed E-state index contributed by atoms with van der Waals surface area (Å²) in [5, 5.41) is 3.63. The van der Waals surface area contributed by atoms with Gasteiger partial charge in [0, 0.05) is 42.9 Å². The van der Waals surface area contributed by atoms with Crippen molar-refractivity contribution in [3.63, 3.8) is 0 Å². The second-order valence-electron chi connectivity index (χ2n) is 18.3. The van der Waals surface area contributed by atoms with E-state index in [2.05, 4.69) is 202 Å². The van der Waals surface area contributed by atoms with Crippen LogP contribution < -0.4 is 5.19 Å². The minimum absolute atomic E-state index is 0. The molecule has 0 amide bonds. The molecule has 1 radical (unpaired) electrons. The summed E-state index contributed by atoms with van der Waals surface area (Å²) in [7, 11) is -1.40. The van der Waals surface area contributed by atoms with Crippen LogP contribution in [0.4, 0.5) is 0 Å². The van der Waals surface area contributed by atoms with E-state index in [1.165, 1.54) is 27.4 Å². The first kappa shape index (κ1) is 45.2. The molecule has 0 aliphatic heterocycles. The summed E-state index contributed by atoms with van der Waals surface area (Å²) in [6, 6.07) is 74.2. The molecule has 0 aliphatic rings. The molecule has 0 atom stereocenters. The Morgan fingerprint density at radius 2 is 1.22 bits per heavy atom. The molecule has 3 aromatic heterocycles. The molecule has 0 spiro atoms. The van der Waals surface area contributed by atoms with Crippen molar-refractivity contribution in [1.29, 1.82) is 0 Å². The number of benzene rings is 8. The zero-order valence-corrected chi connectivity index (χ0v) is 41.8. The van der Waals surface area contributed by atoms with Crippen LogP contribution in [0.5, 0.6) is 0 Å². The van der Waals surface area contributed by atoms with Crippen molar-refractivity contribution in [3.8, 4) is 61.7 Å². The molecule has 6 heteroatoms. The quantitative estimate of drug-likeness (QED) is 0.107. The third-order valence-electron chi connectivity index (χ3n) is 12.2. The summed E-state index contributed by atoms with van der Waals surface area (Å²) in [4.78, 5) is 10.0. The number of para-hydroxylation sites is 3. The van der Waals surface area contributed by atoms with Crippen LogP contribution in [0.2, 0.25) is 19.6 Å². The molecule has 0 saturated carbocycles. The second kappa shape index (κ2) is 19.5. The molecule has 0 fully saturated rings. The van der Waals surface area contributed by atoms with Gasteiger partial charge < -0.3 is 14.0 Å². The number of rotatable bonds is 9. The van der Waals surface area contributed by atoms with Crippen molar-refractivity contribution in [2.75, 3.05) is 0 Å². The molecule has 0 bridgehead atoms. The van der Waals surface area contributed by atoms with E-state index in [9.17, 15) is 0 Å². The van der Waals surface area contributed by atoms with E-state index in [0.717, 1.165) is 84.4 Å². The van der Waals surface area contributed by atoms with Crippen LogP contribution in [0.1, 0.15) is 19.4 Å². The van der Waals surface area contributed by atoms with E-state index in [1.807, 2.05) is 48.5 Å². The maximum atomic E-state index is 6.45. The third kappa shape index (κ3) is 9.39. The molecule has 4 nitrogen and oxygen atoms in total. The summed E-state index contributed by atoms with van der Waals surface area (Å²) in [6.07, 6.45) is 3.23. The molecular weight excluding hydrogens is 1010 g/mol. The van der Waals surface area contributed by atoms with E-state index in [-0.39, 0.29) is 20.1 Å². The molecule has 0 unspecified atom stereocenters. The van der Waals surface area contributed by atoms with Crippen LogP contribution in [-0.2, 0) is 26.5 Å². The number of furan rings is 1. The molecule has 3 heterocycles. The van der Waals surface area contributed by atoms with Crippen LogP contribution in [0, 0.1) is 18.1 Å². The first-order valence-corrected chi connectivity index (χ1v) is 26.3. The fraction of sp³-hybridized carbons (Fsp3) is 0.115. The molecular formula is C61H51IrN3OSi-2. The topological polar surface area (TPSA) is 43.9 Å². The van der Waals surface area contributed by atoms with Gasteiger partial charge >= 0.3 is 0 Å². The van der Waals surface area contributed by atoms with Crippen molar-refractivity contribution >= 4 is 46.2 Å². The van der Waals surface area contributed by atoms with E-state index < -0.39 is 8.07 Å². The van der Waals surface area contributed by atoms with Crippen LogP contribution >= 0.6 is 0 Å².